The SMILES string of the molecule is CC(=O)N[C@@H](CCCCNC(=O)/C=C/c1ccco1)C(=O)N[C@@H](CSCC(N)=O)C(=O)N[C@@H](CCCCN)C(=O)N[C@@H](CCCCN)C(=O)N[C@@H](CO)C(=O)N[C@@H](CCCN=C(N)N)C(=O)N[C@@H](CCCN=C(N)N)C(=O)N[C@@H](CSC/C=C(\C)CC/C=C(\C)CC/C=C(\C)CCC=C(C)C)C(N)=O. The number of furan rings is 1. The van der Waals surface area contributed by atoms with Crippen molar-refractivity contribution in [2.24, 2.45) is 55.9 Å². The summed E-state index contributed by atoms with van der Waals surface area (Å²) < 4.78 is 5.19. The molecule has 104 heavy (non-hydrogen) atoms. The van der Waals surface area contributed by atoms with Gasteiger partial charge in [0.1, 0.15) is 54.1 Å². The van der Waals surface area contributed by atoms with Crippen molar-refractivity contribution in [3.8, 4) is 0 Å². The van der Waals surface area contributed by atoms with E-state index in [1.54, 1.807) is 12.1 Å². The number of primary amides is 2. The summed E-state index contributed by atoms with van der Waals surface area (Å²) in [7, 11) is 0. The lowest BCUT2D eigenvalue weighted by molar-refractivity contribution is -0.136. The summed E-state index contributed by atoms with van der Waals surface area (Å²) >= 11 is 2.28. The highest BCUT2D eigenvalue weighted by Gasteiger charge is 2.35. The number of nitrogens with zero attached hydrogens (tertiary/aromatic N) is 2. The van der Waals surface area contributed by atoms with Crippen molar-refractivity contribution < 1.29 is 62.3 Å². The molecule has 8 atom stereocenters. The number of aliphatic imine (C=N–C) groups is 2. The van der Waals surface area contributed by atoms with Crippen LogP contribution >= 0.6 is 23.5 Å². The zero-order chi connectivity index (χ0) is 77.8. The molecule has 0 aliphatic rings. The van der Waals surface area contributed by atoms with E-state index in [0.29, 0.717) is 37.2 Å². The van der Waals surface area contributed by atoms with Crippen molar-refractivity contribution >= 4 is 106 Å². The molecule has 0 saturated carbocycles. The lowest BCUT2D eigenvalue weighted by atomic mass is 10.0. The van der Waals surface area contributed by atoms with E-state index in [1.807, 2.05) is 6.92 Å². The standard InChI is InChI=1S/C70H119N19O13S2/c1-45(2)19-13-20-46(3)21-14-22-47(4)23-15-24-48(5)33-40-103-42-57(61(74)94)88-66(99)55(30-17-38-81-70(77)78)84-64(97)54(29-16-37-80-69(75)76)85-67(100)56(41-90)87-65(98)53(27-8-11-35-72)83-63(96)52(26-7-10-34-71)86-68(101)58(43-104-44-59(73)92)89-62(95)51(82-49(6)91)28-9-12-36-79-60(93)32-31-50-25-18-39-102-50/h18-19,21,23,25,31-33,39,51-58,90H,7-17,20,22,24,26-30,34-38,40-44,71-72H2,1-6H3,(H2,73,92)(H2,74,94)(H,79,93)(H,82,91)(H,83,96)(H,84,97)(H,85,100)(H,86,101)(H,87,98)(H,88,99)(H,89,95)(H4,75,76,80)(H4,77,78,81)/b32-31+,46-21+,47-23+,48-33+/t51-,52-,53-,54-,55-,56-,57-,58-/m0/s1. The van der Waals surface area contributed by atoms with Gasteiger partial charge in [-0.05, 0) is 188 Å². The van der Waals surface area contributed by atoms with Crippen LogP contribution < -0.4 is 93.7 Å². The van der Waals surface area contributed by atoms with E-state index in [9.17, 15) is 57.8 Å². The van der Waals surface area contributed by atoms with Gasteiger partial charge in [0.2, 0.25) is 65.0 Å². The molecule has 1 aromatic heterocycles. The fraction of sp³-hybridized carbons (Fsp3) is 0.614. The highest BCUT2D eigenvalue weighted by Crippen LogP contribution is 2.17. The molecule has 0 aliphatic carbocycles. The number of guanidine groups is 2. The summed E-state index contributed by atoms with van der Waals surface area (Å²) in [5.41, 5.74) is 50.3. The quantitative estimate of drug-likeness (QED) is 0.0138. The molecule has 0 radical (unpaired) electrons. The topological polar surface area (TPSA) is 562 Å². The number of amides is 11. The number of carbonyl (C=O) groups excluding carboxylic acids is 11. The lowest BCUT2D eigenvalue weighted by Crippen LogP contribution is -2.61. The number of carbonyl (C=O) groups is 11. The predicted octanol–water partition coefficient (Wildman–Crippen LogP) is 0.418. The van der Waals surface area contributed by atoms with Crippen LogP contribution in [-0.4, -0.2) is 193 Å². The largest absolute Gasteiger partial charge is 0.465 e. The van der Waals surface area contributed by atoms with Crippen LogP contribution in [0.2, 0.25) is 0 Å². The molecule has 0 aliphatic heterocycles. The molecule has 26 N–H and O–H groups in total. The first-order chi connectivity index (χ1) is 49.5. The van der Waals surface area contributed by atoms with Crippen molar-refractivity contribution in [1.82, 2.24) is 47.9 Å². The lowest BCUT2D eigenvalue weighted by Gasteiger charge is -2.28. The van der Waals surface area contributed by atoms with E-state index in [2.05, 4.69) is 110 Å². The van der Waals surface area contributed by atoms with Crippen LogP contribution in [0.1, 0.15) is 169 Å². The minimum absolute atomic E-state index is 0.0120. The van der Waals surface area contributed by atoms with E-state index >= 15 is 0 Å². The fourth-order valence-electron chi connectivity index (χ4n) is 10.00. The van der Waals surface area contributed by atoms with Crippen LogP contribution in [0.4, 0.5) is 0 Å². The zero-order valence-corrected chi connectivity index (χ0v) is 63.1. The van der Waals surface area contributed by atoms with Crippen molar-refractivity contribution in [3.05, 3.63) is 76.8 Å². The number of unbranched alkanes of at least 4 members (excludes halogenated alkanes) is 3. The smallest absolute Gasteiger partial charge is 0.245 e. The molecular weight excluding hydrogens is 1380 g/mol. The Bertz CT molecular complexity index is 3060. The Morgan fingerprint density at radius 3 is 1.32 bits per heavy atom. The molecule has 11 amide bonds. The Balaban J connectivity index is 3.43. The van der Waals surface area contributed by atoms with Gasteiger partial charge in [0.25, 0.3) is 0 Å². The maximum atomic E-state index is 14.4. The number of aliphatic hydroxyl groups is 1. The second kappa shape index (κ2) is 55.8. The van der Waals surface area contributed by atoms with Gasteiger partial charge >= 0.3 is 0 Å². The van der Waals surface area contributed by atoms with Crippen LogP contribution in [0.3, 0.4) is 0 Å². The molecule has 1 rings (SSSR count). The molecule has 0 aromatic carbocycles. The van der Waals surface area contributed by atoms with Gasteiger partial charge in [-0.3, -0.25) is 62.7 Å². The minimum Gasteiger partial charge on any atom is -0.465 e. The summed E-state index contributed by atoms with van der Waals surface area (Å²) in [6, 6.07) is -7.83. The van der Waals surface area contributed by atoms with E-state index in [-0.39, 0.29) is 126 Å². The molecule has 0 spiro atoms. The molecular formula is C70H119N19O13S2. The molecule has 34 heteroatoms. The van der Waals surface area contributed by atoms with Crippen molar-refractivity contribution in [3.63, 3.8) is 0 Å². The third kappa shape index (κ3) is 45.4. The summed E-state index contributed by atoms with van der Waals surface area (Å²) in [6.07, 6.45) is 20.9. The molecule has 0 saturated heterocycles. The highest BCUT2D eigenvalue weighted by molar-refractivity contribution is 8.00. The maximum absolute atomic E-state index is 14.4. The Morgan fingerprint density at radius 2 is 0.894 bits per heavy atom. The van der Waals surface area contributed by atoms with Crippen LogP contribution in [0, 0.1) is 0 Å². The number of nitrogens with two attached hydrogens (primary N) is 8. The zero-order valence-electron chi connectivity index (χ0n) is 61.5. The Morgan fingerprint density at radius 1 is 0.490 bits per heavy atom. The van der Waals surface area contributed by atoms with E-state index < -0.39 is 114 Å². The summed E-state index contributed by atoms with van der Waals surface area (Å²) in [6.45, 7) is 11.4. The van der Waals surface area contributed by atoms with Gasteiger partial charge in [-0.15, -0.1) is 11.8 Å². The van der Waals surface area contributed by atoms with Crippen LogP contribution in [0.25, 0.3) is 6.08 Å². The third-order valence-electron chi connectivity index (χ3n) is 15.8. The van der Waals surface area contributed by atoms with Gasteiger partial charge in [0.15, 0.2) is 11.9 Å². The molecule has 0 bridgehead atoms. The predicted molar refractivity (Wildman–Crippen MR) is 410 cm³/mol. The van der Waals surface area contributed by atoms with Gasteiger partial charge in [-0.25, -0.2) is 0 Å². The number of nitrogens with one attached hydrogen (secondary N) is 9. The van der Waals surface area contributed by atoms with Crippen LogP contribution in [-0.2, 0) is 52.7 Å². The summed E-state index contributed by atoms with van der Waals surface area (Å²) in [4.78, 5) is 157. The number of hydrogen-bond donors (Lipinski definition) is 18. The Hall–Kier alpha value is -8.73. The first-order valence-corrected chi connectivity index (χ1v) is 37.7. The van der Waals surface area contributed by atoms with E-state index in [0.717, 1.165) is 55.9 Å². The summed E-state index contributed by atoms with van der Waals surface area (Å²) in [5.74, 6) is -8.62. The van der Waals surface area contributed by atoms with Crippen LogP contribution in [0.15, 0.2) is 85.5 Å². The Labute approximate surface area is 620 Å². The van der Waals surface area contributed by atoms with Gasteiger partial charge in [-0.1, -0.05) is 46.6 Å². The summed E-state index contributed by atoms with van der Waals surface area (Å²) in [5, 5.41) is 34.2. The van der Waals surface area contributed by atoms with Crippen molar-refractivity contribution in [1.29, 1.82) is 0 Å². The molecule has 0 unspecified atom stereocenters. The number of hydrogen-bond acceptors (Lipinski definition) is 19. The average molecular weight is 1500 g/mol. The number of thioether (sulfide) groups is 2. The third-order valence-corrected chi connectivity index (χ3v) is 17.8. The number of rotatable bonds is 57. The second-order valence-corrected chi connectivity index (χ2v) is 27.5. The minimum atomic E-state index is -1.77. The average Bonchev–Trinajstić information content (AvgIpc) is 0.898. The highest BCUT2D eigenvalue weighted by atomic mass is 32.2. The maximum Gasteiger partial charge on any atom is 0.245 e. The van der Waals surface area contributed by atoms with Gasteiger partial charge < -0.3 is 103 Å². The monoisotopic (exact) mass is 1500 g/mol. The number of aliphatic hydroxyl groups excluding tert-OH is 1. The molecule has 32 nitrogen and oxygen atoms in total. The normalized spacial score (nSPS) is 14.0. The van der Waals surface area contributed by atoms with Crippen LogP contribution in [0.5, 0.6) is 0 Å². The van der Waals surface area contributed by atoms with Crippen molar-refractivity contribution in [2.75, 3.05) is 62.3 Å². The molecule has 1 aromatic rings. The first kappa shape index (κ1) is 93.3. The van der Waals surface area contributed by atoms with Gasteiger partial charge in [0, 0.05) is 49.9 Å². The van der Waals surface area contributed by atoms with Crippen molar-refractivity contribution in [2.45, 2.75) is 212 Å². The second-order valence-electron chi connectivity index (χ2n) is 25.4. The van der Waals surface area contributed by atoms with E-state index in [1.165, 1.54) is 53.8 Å². The molecule has 1 heterocycles. The molecule has 584 valence electrons. The van der Waals surface area contributed by atoms with Gasteiger partial charge in [0.05, 0.1) is 18.6 Å². The van der Waals surface area contributed by atoms with E-state index in [4.69, 9.17) is 50.3 Å². The van der Waals surface area contributed by atoms with Gasteiger partial charge in [-0.2, -0.15) is 11.8 Å². The molecule has 0 fully saturated rings. The fourth-order valence-corrected chi connectivity index (χ4v) is 11.8. The number of allylic oxidation sites excluding steroid dienone is 7. The first-order valence-electron chi connectivity index (χ1n) is 35.3. The Kier molecular flexibility index (Phi) is 50.0.